The Morgan fingerprint density at radius 1 is 0.577 bits per heavy atom. The monoisotopic (exact) mass is 763 g/mol. The Hall–Kier alpha value is -1.76. The van der Waals surface area contributed by atoms with Crippen LogP contribution in [0.3, 0.4) is 0 Å². The molecule has 2 amide bonds. The number of thiophene rings is 3. The highest BCUT2D eigenvalue weighted by Gasteiger charge is 2.41. The van der Waals surface area contributed by atoms with Gasteiger partial charge in [0.25, 0.3) is 11.8 Å². The van der Waals surface area contributed by atoms with E-state index in [-0.39, 0.29) is 11.8 Å². The van der Waals surface area contributed by atoms with Gasteiger partial charge in [-0.25, -0.2) is 0 Å². The summed E-state index contributed by atoms with van der Waals surface area (Å²) in [5.41, 5.74) is 3.77. The number of nitrogens with zero attached hydrogens (tertiary/aromatic N) is 1. The molecule has 3 aromatic rings. The molecule has 0 aliphatic carbocycles. The first-order valence-corrected chi connectivity index (χ1v) is 24.0. The summed E-state index contributed by atoms with van der Waals surface area (Å²) in [6.45, 7) is 9.47. The summed E-state index contributed by atoms with van der Waals surface area (Å²) in [5, 5.41) is 6.93. The number of aryl methyl sites for hydroxylation is 2. The van der Waals surface area contributed by atoms with Crippen LogP contribution in [0, 0.1) is 16.7 Å². The van der Waals surface area contributed by atoms with E-state index in [1.54, 1.807) is 11.3 Å². The average molecular weight is 764 g/mol. The Kier molecular flexibility index (Phi) is 20.3. The molecule has 0 aromatic carbocycles. The molecule has 1 atom stereocenters. The molecule has 0 saturated carbocycles. The molecule has 3 nitrogen and oxygen atoms in total. The Bertz CT molecular complexity index is 1450. The van der Waals surface area contributed by atoms with E-state index in [9.17, 15) is 9.59 Å². The zero-order chi connectivity index (χ0) is 37.0. The van der Waals surface area contributed by atoms with Crippen molar-refractivity contribution < 1.29 is 9.59 Å². The second-order valence-corrected chi connectivity index (χ2v) is 18.2. The molecule has 0 saturated heterocycles. The van der Waals surface area contributed by atoms with Gasteiger partial charge in [-0.05, 0) is 61.3 Å². The third-order valence-electron chi connectivity index (χ3n) is 11.1. The number of unbranched alkanes of at least 4 members (excludes halogenated alkanes) is 19. The molecule has 52 heavy (non-hydrogen) atoms. The number of amides is 2. The Labute approximate surface area is 330 Å². The molecule has 4 rings (SSSR count). The van der Waals surface area contributed by atoms with Crippen LogP contribution >= 0.6 is 34.0 Å². The van der Waals surface area contributed by atoms with Gasteiger partial charge in [0.2, 0.25) is 0 Å². The first-order valence-electron chi connectivity index (χ1n) is 21.6. The second-order valence-electron chi connectivity index (χ2n) is 15.5. The number of rotatable bonds is 30. The van der Waals surface area contributed by atoms with Gasteiger partial charge in [-0.2, -0.15) is 0 Å². The summed E-state index contributed by atoms with van der Waals surface area (Å²) in [7, 11) is 0. The number of fused-ring (bicyclic) bond motifs is 1. The van der Waals surface area contributed by atoms with Gasteiger partial charge < -0.3 is 0 Å². The molecule has 1 unspecified atom stereocenters. The third kappa shape index (κ3) is 13.2. The van der Waals surface area contributed by atoms with E-state index in [0.29, 0.717) is 23.6 Å². The van der Waals surface area contributed by atoms with Crippen molar-refractivity contribution in [1.29, 1.82) is 0 Å². The number of hydrogen-bond donors (Lipinski definition) is 0. The number of carbonyl (C=O) groups is 2. The van der Waals surface area contributed by atoms with E-state index in [2.05, 4.69) is 50.6 Å². The maximum Gasteiger partial charge on any atom is 0.263 e. The summed E-state index contributed by atoms with van der Waals surface area (Å²) in [4.78, 5) is 33.7. The summed E-state index contributed by atoms with van der Waals surface area (Å²) < 4.78 is 0. The average Bonchev–Trinajstić information content (AvgIpc) is 3.94. The van der Waals surface area contributed by atoms with Gasteiger partial charge in [0.05, 0.1) is 21.4 Å². The molecule has 2 radical (unpaired) electrons. The fraction of sp³-hybridized carbons (Fsp3) is 0.696. The number of hydrogen-bond acceptors (Lipinski definition) is 5. The van der Waals surface area contributed by atoms with E-state index in [1.165, 1.54) is 164 Å². The minimum absolute atomic E-state index is 0.106. The highest BCUT2D eigenvalue weighted by Crippen LogP contribution is 2.46. The highest BCUT2D eigenvalue weighted by molar-refractivity contribution is 7.26. The van der Waals surface area contributed by atoms with Crippen molar-refractivity contribution in [3.8, 4) is 19.5 Å². The predicted octanol–water partition coefficient (Wildman–Crippen LogP) is 15.5. The van der Waals surface area contributed by atoms with Crippen LogP contribution in [0.5, 0.6) is 0 Å². The van der Waals surface area contributed by atoms with Gasteiger partial charge >= 0.3 is 0 Å². The van der Waals surface area contributed by atoms with Gasteiger partial charge in [-0.15, -0.1) is 34.0 Å². The van der Waals surface area contributed by atoms with Crippen LogP contribution in [-0.4, -0.2) is 23.3 Å². The Morgan fingerprint density at radius 3 is 1.71 bits per heavy atom. The molecule has 4 heterocycles. The van der Waals surface area contributed by atoms with E-state index in [0.717, 1.165) is 49.8 Å². The molecule has 6 heteroatoms. The van der Waals surface area contributed by atoms with E-state index in [1.807, 2.05) is 11.3 Å². The van der Waals surface area contributed by atoms with Crippen molar-refractivity contribution in [2.45, 2.75) is 195 Å². The van der Waals surface area contributed by atoms with Gasteiger partial charge in [0.15, 0.2) is 0 Å². The van der Waals surface area contributed by atoms with Gasteiger partial charge in [-0.3, -0.25) is 14.5 Å². The van der Waals surface area contributed by atoms with E-state index < -0.39 is 0 Å². The zero-order valence-electron chi connectivity index (χ0n) is 33.3. The fourth-order valence-electron chi connectivity index (χ4n) is 7.65. The maximum absolute atomic E-state index is 14.0. The number of carbonyl (C=O) groups excluding carboxylic acids is 2. The lowest BCUT2D eigenvalue weighted by Crippen LogP contribution is -2.34. The third-order valence-corrected chi connectivity index (χ3v) is 14.4. The Balaban J connectivity index is 1.41. The molecule has 0 bridgehead atoms. The molecule has 0 spiro atoms. The van der Waals surface area contributed by atoms with Gasteiger partial charge in [-0.1, -0.05) is 163 Å². The molecule has 3 aromatic heterocycles. The molecule has 288 valence electrons. The summed E-state index contributed by atoms with van der Waals surface area (Å²) in [5.74, 6) is 0.106. The molecular formula is C46H69NO2S3. The first kappa shape index (κ1) is 43.0. The van der Waals surface area contributed by atoms with Crippen LogP contribution in [0.4, 0.5) is 0 Å². The standard InChI is InChI=1S/C46H69NO2S3/c1-5-9-12-14-16-18-20-22-24-26-29-37-31-40(50-34-37)41-32-38(30-27-25-23-21-19-17-15-13-10-6-2)43(52-41)44-42-39(35-51-44)45(48)47(46(42)49)33-36(8-4)28-11-7-3/h31-32,36H,5-30,33H2,1-4H3. The minimum atomic E-state index is -0.144. The lowest BCUT2D eigenvalue weighted by atomic mass is 9.99. The summed E-state index contributed by atoms with van der Waals surface area (Å²) >= 11 is 5.03. The van der Waals surface area contributed by atoms with Crippen molar-refractivity contribution in [3.05, 3.63) is 45.1 Å². The number of imide groups is 1. The first-order chi connectivity index (χ1) is 25.5. The van der Waals surface area contributed by atoms with Crippen molar-refractivity contribution in [1.82, 2.24) is 4.90 Å². The second kappa shape index (κ2) is 24.6. The smallest absolute Gasteiger partial charge is 0.263 e. The lowest BCUT2D eigenvalue weighted by Gasteiger charge is -2.21. The molecule has 1 aliphatic heterocycles. The van der Waals surface area contributed by atoms with Crippen molar-refractivity contribution >= 4 is 45.8 Å². The SMILES string of the molecule is CCCCCCCCCCCCc1[c]sc(-c2cc(CCCCCCCCCCCC)c(-c3s[c]c4c3C(=O)N(CC(CC)CCCC)C4=O)s2)c1. The molecular weight excluding hydrogens is 695 g/mol. The molecule has 1 aliphatic rings. The van der Waals surface area contributed by atoms with Gasteiger partial charge in [0.1, 0.15) is 0 Å². The highest BCUT2D eigenvalue weighted by atomic mass is 32.1. The van der Waals surface area contributed by atoms with Crippen LogP contribution < -0.4 is 0 Å². The van der Waals surface area contributed by atoms with E-state index >= 15 is 0 Å². The largest absolute Gasteiger partial charge is 0.274 e. The quantitative estimate of drug-likeness (QED) is 0.0501. The van der Waals surface area contributed by atoms with E-state index in [4.69, 9.17) is 0 Å². The topological polar surface area (TPSA) is 37.4 Å². The Morgan fingerprint density at radius 2 is 1.13 bits per heavy atom. The lowest BCUT2D eigenvalue weighted by molar-refractivity contribution is 0.0624. The van der Waals surface area contributed by atoms with Crippen LogP contribution in [0.2, 0.25) is 0 Å². The summed E-state index contributed by atoms with van der Waals surface area (Å²) in [6, 6.07) is 4.75. The van der Waals surface area contributed by atoms with Crippen LogP contribution in [-0.2, 0) is 12.8 Å². The van der Waals surface area contributed by atoms with Crippen molar-refractivity contribution in [2.75, 3.05) is 6.54 Å². The minimum Gasteiger partial charge on any atom is -0.274 e. The van der Waals surface area contributed by atoms with Crippen molar-refractivity contribution in [3.63, 3.8) is 0 Å². The van der Waals surface area contributed by atoms with Crippen molar-refractivity contribution in [2.24, 2.45) is 5.92 Å². The summed E-state index contributed by atoms with van der Waals surface area (Å²) in [6.07, 6.45) is 33.2. The predicted molar refractivity (Wildman–Crippen MR) is 228 cm³/mol. The molecule has 0 fully saturated rings. The normalized spacial score (nSPS) is 13.5. The maximum atomic E-state index is 14.0. The zero-order valence-corrected chi connectivity index (χ0v) is 35.8. The van der Waals surface area contributed by atoms with Crippen LogP contribution in [0.1, 0.15) is 214 Å². The van der Waals surface area contributed by atoms with Crippen LogP contribution in [0.25, 0.3) is 19.5 Å². The van der Waals surface area contributed by atoms with Crippen LogP contribution in [0.15, 0.2) is 12.1 Å². The fourth-order valence-corrected chi connectivity index (χ4v) is 10.9. The molecule has 0 N–H and O–H groups in total. The van der Waals surface area contributed by atoms with Gasteiger partial charge in [0, 0.05) is 26.6 Å².